The number of aliphatic carboxylic acids is 2. The maximum absolute atomic E-state index is 12.9. The summed E-state index contributed by atoms with van der Waals surface area (Å²) in [6, 6.07) is -0.210. The normalized spacial score (nSPS) is 13.9. The molecular weight excluding hydrogens is 494 g/mol. The van der Waals surface area contributed by atoms with E-state index in [1.165, 1.54) is 24.3 Å². The van der Waals surface area contributed by atoms with E-state index in [-0.39, 0.29) is 25.0 Å². The first-order valence-electron chi connectivity index (χ1n) is 11.1. The molecule has 0 fully saturated rings. The van der Waals surface area contributed by atoms with Crippen molar-refractivity contribution in [3.05, 3.63) is 29.8 Å². The van der Waals surface area contributed by atoms with Crippen molar-refractivity contribution < 1.29 is 49.2 Å². The number of hydrogen-bond acceptors (Lipinski definition) is 9. The zero-order valence-electron chi connectivity index (χ0n) is 19.8. The number of phenols is 1. The van der Waals surface area contributed by atoms with Gasteiger partial charge in [-0.15, -0.1) is 0 Å². The summed E-state index contributed by atoms with van der Waals surface area (Å²) in [5, 5.41) is 43.9. The number of amides is 4. The van der Waals surface area contributed by atoms with Crippen molar-refractivity contribution in [1.82, 2.24) is 16.0 Å². The standard InChI is InChI=1S/C22H31N5O10/c23-13(5-7-17(24)30)19(33)27-16(10-28)21(35)26-15(9-11-1-3-12(29)4-2-11)20(34)25-14(22(36)37)6-8-18(31)32/h1-4,13-16,28-29H,5-10,23H2,(H2,24,30)(H,25,34)(H,26,35)(H,27,33)(H,31,32)(H,36,37). The van der Waals surface area contributed by atoms with E-state index in [0.717, 1.165) is 0 Å². The fraction of sp³-hybridized carbons (Fsp3) is 0.455. The minimum Gasteiger partial charge on any atom is -0.508 e. The van der Waals surface area contributed by atoms with Gasteiger partial charge in [-0.1, -0.05) is 12.1 Å². The molecule has 0 heterocycles. The average Bonchev–Trinajstić information content (AvgIpc) is 2.83. The van der Waals surface area contributed by atoms with Crippen molar-refractivity contribution in [2.45, 2.75) is 56.3 Å². The van der Waals surface area contributed by atoms with Gasteiger partial charge in [0.05, 0.1) is 12.6 Å². The number of rotatable bonds is 16. The molecule has 0 saturated heterocycles. The van der Waals surface area contributed by atoms with Gasteiger partial charge in [-0.25, -0.2) is 4.79 Å². The predicted molar refractivity (Wildman–Crippen MR) is 126 cm³/mol. The molecule has 204 valence electrons. The molecule has 1 aromatic rings. The molecule has 0 bridgehead atoms. The third kappa shape index (κ3) is 11.4. The van der Waals surface area contributed by atoms with Crippen LogP contribution in [0.4, 0.5) is 0 Å². The minimum atomic E-state index is -1.57. The molecule has 4 amide bonds. The highest BCUT2D eigenvalue weighted by molar-refractivity contribution is 5.94. The number of aliphatic hydroxyl groups excluding tert-OH is 1. The van der Waals surface area contributed by atoms with Crippen LogP contribution >= 0.6 is 0 Å². The van der Waals surface area contributed by atoms with Crippen molar-refractivity contribution >= 4 is 35.6 Å². The number of carbonyl (C=O) groups is 6. The molecule has 0 aliphatic heterocycles. The van der Waals surface area contributed by atoms with Crippen molar-refractivity contribution in [3.8, 4) is 5.75 Å². The Balaban J connectivity index is 3.03. The molecule has 15 heteroatoms. The van der Waals surface area contributed by atoms with Crippen LogP contribution in [-0.4, -0.2) is 86.8 Å². The van der Waals surface area contributed by atoms with Gasteiger partial charge in [-0.2, -0.15) is 0 Å². The monoisotopic (exact) mass is 525 g/mol. The lowest BCUT2D eigenvalue weighted by Crippen LogP contribution is -2.58. The van der Waals surface area contributed by atoms with Gasteiger partial charge in [0.15, 0.2) is 0 Å². The molecule has 0 radical (unpaired) electrons. The number of nitrogens with one attached hydrogen (secondary N) is 3. The van der Waals surface area contributed by atoms with Crippen molar-refractivity contribution in [1.29, 1.82) is 0 Å². The maximum atomic E-state index is 12.9. The second-order valence-electron chi connectivity index (χ2n) is 8.12. The summed E-state index contributed by atoms with van der Waals surface area (Å²) >= 11 is 0. The first-order valence-corrected chi connectivity index (χ1v) is 11.1. The highest BCUT2D eigenvalue weighted by atomic mass is 16.4. The third-order valence-corrected chi connectivity index (χ3v) is 5.12. The van der Waals surface area contributed by atoms with Gasteiger partial charge < -0.3 is 47.8 Å². The van der Waals surface area contributed by atoms with E-state index in [1.54, 1.807) is 0 Å². The number of carboxylic acids is 2. The second kappa shape index (κ2) is 15.0. The van der Waals surface area contributed by atoms with Crippen LogP contribution in [0.3, 0.4) is 0 Å². The Kier molecular flexibility index (Phi) is 12.5. The summed E-state index contributed by atoms with van der Waals surface area (Å²) in [4.78, 5) is 71.1. The van der Waals surface area contributed by atoms with Crippen LogP contribution in [-0.2, 0) is 35.2 Å². The highest BCUT2D eigenvalue weighted by Gasteiger charge is 2.30. The average molecular weight is 526 g/mol. The summed E-state index contributed by atoms with van der Waals surface area (Å²) in [7, 11) is 0. The van der Waals surface area contributed by atoms with E-state index in [2.05, 4.69) is 16.0 Å². The van der Waals surface area contributed by atoms with Crippen molar-refractivity contribution in [2.75, 3.05) is 6.61 Å². The molecule has 4 unspecified atom stereocenters. The topological polar surface area (TPSA) is 271 Å². The molecule has 37 heavy (non-hydrogen) atoms. The summed E-state index contributed by atoms with van der Waals surface area (Å²) in [5.41, 5.74) is 11.1. The van der Waals surface area contributed by atoms with E-state index < -0.39 is 79.2 Å². The van der Waals surface area contributed by atoms with Crippen LogP contribution in [0.15, 0.2) is 24.3 Å². The molecule has 4 atom stereocenters. The van der Waals surface area contributed by atoms with Gasteiger partial charge in [0.25, 0.3) is 0 Å². The number of aromatic hydroxyl groups is 1. The Morgan fingerprint density at radius 2 is 1.32 bits per heavy atom. The van der Waals surface area contributed by atoms with E-state index in [0.29, 0.717) is 5.56 Å². The van der Waals surface area contributed by atoms with Crippen LogP contribution in [0.5, 0.6) is 5.75 Å². The number of nitrogens with two attached hydrogens (primary N) is 2. The van der Waals surface area contributed by atoms with Gasteiger partial charge in [0.1, 0.15) is 23.9 Å². The predicted octanol–water partition coefficient (Wildman–Crippen LogP) is -3.08. The Labute approximate surface area is 211 Å². The van der Waals surface area contributed by atoms with Crippen LogP contribution < -0.4 is 27.4 Å². The smallest absolute Gasteiger partial charge is 0.326 e. The zero-order chi connectivity index (χ0) is 28.1. The van der Waals surface area contributed by atoms with Gasteiger partial charge in [0, 0.05) is 19.3 Å². The van der Waals surface area contributed by atoms with Crippen molar-refractivity contribution in [3.63, 3.8) is 0 Å². The number of aliphatic hydroxyl groups is 1. The summed E-state index contributed by atoms with van der Waals surface area (Å²) in [5.74, 6) is -6.36. The maximum Gasteiger partial charge on any atom is 0.326 e. The van der Waals surface area contributed by atoms with E-state index >= 15 is 0 Å². The van der Waals surface area contributed by atoms with Gasteiger partial charge in [0.2, 0.25) is 23.6 Å². The van der Waals surface area contributed by atoms with Crippen LogP contribution in [0, 0.1) is 0 Å². The molecule has 0 saturated carbocycles. The SMILES string of the molecule is NC(=O)CCC(N)C(=O)NC(CO)C(=O)NC(Cc1ccc(O)cc1)C(=O)NC(CCC(=O)O)C(=O)O. The summed E-state index contributed by atoms with van der Waals surface area (Å²) < 4.78 is 0. The molecular formula is C22H31N5O10. The fourth-order valence-electron chi connectivity index (χ4n) is 3.05. The Hall–Kier alpha value is -4.24. The van der Waals surface area contributed by atoms with Crippen LogP contribution in [0.1, 0.15) is 31.2 Å². The van der Waals surface area contributed by atoms with E-state index in [9.17, 15) is 44.1 Å². The van der Waals surface area contributed by atoms with E-state index in [4.69, 9.17) is 16.6 Å². The number of carbonyl (C=O) groups excluding carboxylic acids is 4. The molecule has 1 aromatic carbocycles. The summed E-state index contributed by atoms with van der Waals surface area (Å²) in [6.45, 7) is -0.885. The lowest BCUT2D eigenvalue weighted by atomic mass is 10.0. The van der Waals surface area contributed by atoms with E-state index in [1.807, 2.05) is 0 Å². The largest absolute Gasteiger partial charge is 0.508 e. The quantitative estimate of drug-likeness (QED) is 0.104. The molecule has 1 rings (SSSR count). The molecule has 0 aromatic heterocycles. The highest BCUT2D eigenvalue weighted by Crippen LogP contribution is 2.12. The zero-order valence-corrected chi connectivity index (χ0v) is 19.8. The second-order valence-corrected chi connectivity index (χ2v) is 8.12. The Morgan fingerprint density at radius 3 is 1.84 bits per heavy atom. The first kappa shape index (κ1) is 30.8. The van der Waals surface area contributed by atoms with Gasteiger partial charge in [-0.3, -0.25) is 24.0 Å². The molecule has 0 spiro atoms. The van der Waals surface area contributed by atoms with Crippen LogP contribution in [0.2, 0.25) is 0 Å². The first-order chi connectivity index (χ1) is 17.3. The number of phenolic OH excluding ortho intramolecular Hbond substituents is 1. The Bertz CT molecular complexity index is 985. The molecule has 0 aliphatic rings. The number of carboxylic acid groups (broad SMARTS) is 2. The number of benzene rings is 1. The van der Waals surface area contributed by atoms with Gasteiger partial charge >= 0.3 is 11.9 Å². The van der Waals surface area contributed by atoms with Gasteiger partial charge in [-0.05, 0) is 30.5 Å². The minimum absolute atomic E-state index is 0.0656. The fourth-order valence-corrected chi connectivity index (χ4v) is 3.05. The van der Waals surface area contributed by atoms with Crippen LogP contribution in [0.25, 0.3) is 0 Å². The summed E-state index contributed by atoms with van der Waals surface area (Å²) in [6.07, 6.45) is -1.45. The molecule has 0 aliphatic carbocycles. The number of primary amides is 1. The Morgan fingerprint density at radius 1 is 0.784 bits per heavy atom. The lowest BCUT2D eigenvalue weighted by molar-refractivity contribution is -0.143. The number of hydrogen-bond donors (Lipinski definition) is 9. The molecule has 15 nitrogen and oxygen atoms in total. The van der Waals surface area contributed by atoms with Crippen molar-refractivity contribution in [2.24, 2.45) is 11.5 Å². The third-order valence-electron chi connectivity index (χ3n) is 5.12. The lowest BCUT2D eigenvalue weighted by Gasteiger charge is -2.24. The molecule has 11 N–H and O–H groups in total.